The monoisotopic (exact) mass is 375 g/mol. The number of carbonyl (C=O) groups is 1. The topological polar surface area (TPSA) is 48.3 Å². The highest BCUT2D eigenvalue weighted by Crippen LogP contribution is 2.14. The highest BCUT2D eigenvalue weighted by molar-refractivity contribution is 5.76. The van der Waals surface area contributed by atoms with Crippen LogP contribution in [-0.2, 0) is 6.54 Å². The molecule has 0 unspecified atom stereocenters. The third kappa shape index (κ3) is 9.60. The summed E-state index contributed by atoms with van der Waals surface area (Å²) in [6.45, 7) is 6.78. The van der Waals surface area contributed by atoms with Gasteiger partial charge in [0.25, 0.3) is 0 Å². The lowest BCUT2D eigenvalue weighted by Crippen LogP contribution is -2.17. The molecular weight excluding hydrogens is 338 g/mol. The van der Waals surface area contributed by atoms with Crippen LogP contribution >= 0.6 is 0 Å². The first-order chi connectivity index (χ1) is 13.2. The molecule has 152 valence electrons. The standard InChI is InChI=1S/C23H37NO3/c1-3-5-6-7-8-9-10-11-12-13-14-15-17-24-18-16-22(26)23(21(24)20-25)27-19-4-2/h4,16,18,20H,2-3,5-15,17,19H2,1H3. The average Bonchev–Trinajstić information content (AvgIpc) is 2.68. The molecule has 1 rings (SSSR count). The van der Waals surface area contributed by atoms with Gasteiger partial charge in [0.05, 0.1) is 0 Å². The minimum absolute atomic E-state index is 0.131. The lowest BCUT2D eigenvalue weighted by atomic mass is 10.1. The zero-order valence-electron chi connectivity index (χ0n) is 17.1. The molecule has 0 aliphatic carbocycles. The van der Waals surface area contributed by atoms with E-state index in [2.05, 4.69) is 13.5 Å². The number of nitrogens with zero attached hydrogens (tertiary/aromatic N) is 1. The molecule has 0 saturated heterocycles. The molecule has 27 heavy (non-hydrogen) atoms. The molecule has 0 aromatic carbocycles. The van der Waals surface area contributed by atoms with Crippen LogP contribution in [0.15, 0.2) is 29.7 Å². The third-order valence-electron chi connectivity index (χ3n) is 4.88. The Balaban J connectivity index is 2.22. The Morgan fingerprint density at radius 2 is 1.52 bits per heavy atom. The summed E-state index contributed by atoms with van der Waals surface area (Å²) in [5, 5.41) is 0. The second-order valence-corrected chi connectivity index (χ2v) is 7.19. The summed E-state index contributed by atoms with van der Waals surface area (Å²) < 4.78 is 7.20. The number of carbonyl (C=O) groups excluding carboxylic acids is 1. The number of aryl methyl sites for hydroxylation is 1. The first kappa shape index (κ1) is 23.2. The van der Waals surface area contributed by atoms with Gasteiger partial charge in [-0.05, 0) is 6.42 Å². The molecule has 4 heteroatoms. The van der Waals surface area contributed by atoms with Gasteiger partial charge < -0.3 is 9.30 Å². The number of hydrogen-bond donors (Lipinski definition) is 0. The fraction of sp³-hybridized carbons (Fsp3) is 0.652. The summed E-state index contributed by atoms with van der Waals surface area (Å²) in [5.41, 5.74) is 0.0670. The fourth-order valence-electron chi connectivity index (χ4n) is 3.30. The van der Waals surface area contributed by atoms with E-state index in [0.29, 0.717) is 12.0 Å². The lowest BCUT2D eigenvalue weighted by Gasteiger charge is -2.13. The largest absolute Gasteiger partial charge is 0.483 e. The van der Waals surface area contributed by atoms with Gasteiger partial charge in [-0.25, -0.2) is 0 Å². The van der Waals surface area contributed by atoms with E-state index in [4.69, 9.17) is 4.74 Å². The molecule has 4 nitrogen and oxygen atoms in total. The SMILES string of the molecule is C=CCOc1c(C=O)n(CCCCCCCCCCCCCC)ccc1=O. The highest BCUT2D eigenvalue weighted by Gasteiger charge is 2.11. The molecule has 0 bridgehead atoms. The molecule has 1 aromatic heterocycles. The van der Waals surface area contributed by atoms with Gasteiger partial charge in [0.15, 0.2) is 12.0 Å². The molecular formula is C23H37NO3. The van der Waals surface area contributed by atoms with Crippen LogP contribution in [0, 0.1) is 0 Å². The minimum atomic E-state index is -0.259. The maximum absolute atomic E-state index is 11.9. The van der Waals surface area contributed by atoms with Crippen LogP contribution in [0.25, 0.3) is 0 Å². The van der Waals surface area contributed by atoms with Crippen molar-refractivity contribution in [3.8, 4) is 5.75 Å². The van der Waals surface area contributed by atoms with Crippen LogP contribution in [0.5, 0.6) is 5.75 Å². The zero-order chi connectivity index (χ0) is 19.7. The maximum atomic E-state index is 11.9. The number of ether oxygens (including phenoxy) is 1. The minimum Gasteiger partial charge on any atom is -0.483 e. The molecule has 1 heterocycles. The van der Waals surface area contributed by atoms with E-state index in [0.717, 1.165) is 19.4 Å². The van der Waals surface area contributed by atoms with Crippen molar-refractivity contribution in [2.75, 3.05) is 6.61 Å². The van der Waals surface area contributed by atoms with Gasteiger partial charge in [0.1, 0.15) is 12.3 Å². The summed E-state index contributed by atoms with van der Waals surface area (Å²) in [6, 6.07) is 1.46. The molecule has 0 amide bonds. The van der Waals surface area contributed by atoms with Crippen molar-refractivity contribution in [1.82, 2.24) is 4.57 Å². The second-order valence-electron chi connectivity index (χ2n) is 7.19. The van der Waals surface area contributed by atoms with E-state index in [-0.39, 0.29) is 17.8 Å². The van der Waals surface area contributed by atoms with Crippen LogP contribution in [0.4, 0.5) is 0 Å². The molecule has 0 atom stereocenters. The lowest BCUT2D eigenvalue weighted by molar-refractivity contribution is 0.111. The van der Waals surface area contributed by atoms with Crippen LogP contribution in [-0.4, -0.2) is 17.5 Å². The van der Waals surface area contributed by atoms with Crippen molar-refractivity contribution in [3.05, 3.63) is 40.8 Å². The van der Waals surface area contributed by atoms with Crippen molar-refractivity contribution >= 4 is 6.29 Å². The van der Waals surface area contributed by atoms with Crippen molar-refractivity contribution in [2.24, 2.45) is 0 Å². The van der Waals surface area contributed by atoms with Crippen LogP contribution in [0.3, 0.4) is 0 Å². The molecule has 1 aromatic rings. The van der Waals surface area contributed by atoms with E-state index in [9.17, 15) is 9.59 Å². The molecule has 0 fully saturated rings. The Morgan fingerprint density at radius 3 is 2.04 bits per heavy atom. The van der Waals surface area contributed by atoms with Crippen LogP contribution in [0.1, 0.15) is 94.5 Å². The third-order valence-corrected chi connectivity index (χ3v) is 4.88. The number of aromatic nitrogens is 1. The van der Waals surface area contributed by atoms with E-state index in [1.54, 1.807) is 12.3 Å². The first-order valence-corrected chi connectivity index (χ1v) is 10.7. The number of unbranched alkanes of at least 4 members (excludes halogenated alkanes) is 11. The molecule has 0 spiro atoms. The number of hydrogen-bond acceptors (Lipinski definition) is 3. The highest BCUT2D eigenvalue weighted by atomic mass is 16.5. The molecule has 0 radical (unpaired) electrons. The van der Waals surface area contributed by atoms with E-state index in [1.807, 2.05) is 4.57 Å². The van der Waals surface area contributed by atoms with Crippen molar-refractivity contribution < 1.29 is 9.53 Å². The number of rotatable bonds is 17. The number of aldehydes is 1. The van der Waals surface area contributed by atoms with E-state index in [1.165, 1.54) is 70.3 Å². The molecule has 0 N–H and O–H groups in total. The van der Waals surface area contributed by atoms with Gasteiger partial charge in [0, 0.05) is 18.8 Å². The van der Waals surface area contributed by atoms with Crippen LogP contribution < -0.4 is 10.2 Å². The van der Waals surface area contributed by atoms with Crippen molar-refractivity contribution in [2.45, 2.75) is 90.5 Å². The number of pyridine rings is 1. The summed E-state index contributed by atoms with van der Waals surface area (Å²) in [4.78, 5) is 23.3. The van der Waals surface area contributed by atoms with Crippen LogP contribution in [0.2, 0.25) is 0 Å². The Kier molecular flexibility index (Phi) is 13.1. The van der Waals surface area contributed by atoms with Crippen molar-refractivity contribution in [1.29, 1.82) is 0 Å². The molecule has 0 aliphatic heterocycles. The maximum Gasteiger partial charge on any atom is 0.224 e. The van der Waals surface area contributed by atoms with Crippen molar-refractivity contribution in [3.63, 3.8) is 0 Å². The summed E-state index contributed by atoms with van der Waals surface area (Å²) >= 11 is 0. The van der Waals surface area contributed by atoms with E-state index < -0.39 is 0 Å². The van der Waals surface area contributed by atoms with Gasteiger partial charge >= 0.3 is 0 Å². The second kappa shape index (κ2) is 15.2. The Hall–Kier alpha value is -1.84. The van der Waals surface area contributed by atoms with Gasteiger partial charge in [0.2, 0.25) is 5.43 Å². The molecule has 0 saturated carbocycles. The molecule has 0 aliphatic rings. The average molecular weight is 376 g/mol. The smallest absolute Gasteiger partial charge is 0.224 e. The fourth-order valence-corrected chi connectivity index (χ4v) is 3.30. The summed E-state index contributed by atoms with van der Waals surface area (Å²) in [7, 11) is 0. The Bertz CT molecular complexity index is 592. The Morgan fingerprint density at radius 1 is 0.963 bits per heavy atom. The summed E-state index contributed by atoms with van der Waals surface area (Å²) in [5.74, 6) is 0.131. The van der Waals surface area contributed by atoms with E-state index >= 15 is 0 Å². The first-order valence-electron chi connectivity index (χ1n) is 10.7. The van der Waals surface area contributed by atoms with Gasteiger partial charge in [-0.2, -0.15) is 0 Å². The van der Waals surface area contributed by atoms with Gasteiger partial charge in [-0.15, -0.1) is 0 Å². The summed E-state index contributed by atoms with van der Waals surface area (Å²) in [6.07, 6.45) is 19.5. The zero-order valence-corrected chi connectivity index (χ0v) is 17.1. The van der Waals surface area contributed by atoms with Gasteiger partial charge in [-0.1, -0.05) is 90.2 Å². The van der Waals surface area contributed by atoms with Gasteiger partial charge in [-0.3, -0.25) is 9.59 Å². The predicted octanol–water partition coefficient (Wildman–Crippen LogP) is 5.93. The Labute approximate surface area is 164 Å². The predicted molar refractivity (Wildman–Crippen MR) is 113 cm³/mol. The normalized spacial score (nSPS) is 10.7. The quantitative estimate of drug-likeness (QED) is 0.193.